The van der Waals surface area contributed by atoms with Crippen molar-refractivity contribution in [3.8, 4) is 11.5 Å². The molecule has 0 fully saturated rings. The lowest BCUT2D eigenvalue weighted by Crippen LogP contribution is -2.28. The number of alkyl carbamates (subject to hydrolysis) is 1. The molecule has 3 N–H and O–H groups in total. The Kier molecular flexibility index (Phi) is 7.57. The van der Waals surface area contributed by atoms with Gasteiger partial charge in [-0.15, -0.1) is 0 Å². The Balaban J connectivity index is 1.64. The fraction of sp³-hybridized carbons (Fsp3) is 0.227. The van der Waals surface area contributed by atoms with Gasteiger partial charge in [-0.2, -0.15) is 5.10 Å². The Bertz CT molecular complexity index is 1180. The zero-order valence-corrected chi connectivity index (χ0v) is 19.4. The highest BCUT2D eigenvalue weighted by Gasteiger charge is 2.14. The van der Waals surface area contributed by atoms with Crippen LogP contribution in [0.5, 0.6) is 11.5 Å². The van der Waals surface area contributed by atoms with Crippen LogP contribution in [0, 0.1) is 13.8 Å². The van der Waals surface area contributed by atoms with Crippen molar-refractivity contribution in [2.24, 2.45) is 7.05 Å². The highest BCUT2D eigenvalue weighted by Crippen LogP contribution is 2.27. The third kappa shape index (κ3) is 6.50. The second-order valence-electron chi connectivity index (χ2n) is 7.04. The van der Waals surface area contributed by atoms with Gasteiger partial charge in [0, 0.05) is 25.3 Å². The van der Waals surface area contributed by atoms with Crippen LogP contribution in [0.25, 0.3) is 0 Å². The van der Waals surface area contributed by atoms with Crippen molar-refractivity contribution in [3.63, 3.8) is 0 Å². The summed E-state index contributed by atoms with van der Waals surface area (Å²) in [6, 6.07) is 10.4. The fourth-order valence-electron chi connectivity index (χ4n) is 2.85. The van der Waals surface area contributed by atoms with Gasteiger partial charge in [-0.05, 0) is 62.8 Å². The first-order valence-electron chi connectivity index (χ1n) is 10.1. The summed E-state index contributed by atoms with van der Waals surface area (Å²) >= 11 is 4.96. The van der Waals surface area contributed by atoms with Crippen LogP contribution in [0.4, 0.5) is 16.3 Å². The van der Waals surface area contributed by atoms with Gasteiger partial charge >= 0.3 is 6.09 Å². The molecule has 11 heteroatoms. The summed E-state index contributed by atoms with van der Waals surface area (Å²) < 4.78 is 12.3. The van der Waals surface area contributed by atoms with Gasteiger partial charge in [0.15, 0.2) is 0 Å². The average Bonchev–Trinajstić information content (AvgIpc) is 3.10. The number of carbonyl (C=O) groups excluding carboxylic acids is 2. The van der Waals surface area contributed by atoms with Crippen molar-refractivity contribution in [1.82, 2.24) is 20.1 Å². The number of amides is 2. The molecule has 172 valence electrons. The Hall–Kier alpha value is -3.99. The number of carbonyl (C=O) groups is 2. The van der Waals surface area contributed by atoms with Gasteiger partial charge < -0.3 is 25.4 Å². The minimum Gasteiger partial charge on any atom is -0.456 e. The van der Waals surface area contributed by atoms with Gasteiger partial charge in [0.05, 0.1) is 11.9 Å². The molecular weight excluding hydrogens is 444 g/mol. The van der Waals surface area contributed by atoms with E-state index in [9.17, 15) is 9.59 Å². The third-order valence-corrected chi connectivity index (χ3v) is 4.59. The van der Waals surface area contributed by atoms with Crippen LogP contribution < -0.4 is 20.7 Å². The number of aromatic nitrogens is 3. The number of anilines is 2. The van der Waals surface area contributed by atoms with Crippen LogP contribution in [0.15, 0.2) is 42.6 Å². The van der Waals surface area contributed by atoms with Crippen molar-refractivity contribution >= 4 is 40.9 Å². The number of hydrogen-bond donors (Lipinski definition) is 3. The summed E-state index contributed by atoms with van der Waals surface area (Å²) in [5, 5.41) is 12.2. The summed E-state index contributed by atoms with van der Waals surface area (Å²) in [5.41, 5.74) is 2.72. The number of aryl methyl sites for hydroxylation is 3. The number of hydrogen-bond acceptors (Lipinski definition) is 7. The Morgan fingerprint density at radius 2 is 1.85 bits per heavy atom. The quantitative estimate of drug-likeness (QED) is 0.466. The molecule has 0 aliphatic rings. The number of pyridine rings is 1. The molecule has 1 aromatic carbocycles. The molecule has 0 saturated heterocycles. The van der Waals surface area contributed by atoms with Crippen LogP contribution in [0.3, 0.4) is 0 Å². The van der Waals surface area contributed by atoms with Gasteiger partial charge in [-0.3, -0.25) is 9.48 Å². The summed E-state index contributed by atoms with van der Waals surface area (Å²) in [6.45, 7) is 5.92. The lowest BCUT2D eigenvalue weighted by molar-refractivity contribution is 0.101. The summed E-state index contributed by atoms with van der Waals surface area (Å²) in [6.07, 6.45) is 0.851. The fourth-order valence-corrected chi connectivity index (χ4v) is 3.03. The highest BCUT2D eigenvalue weighted by atomic mass is 32.1. The van der Waals surface area contributed by atoms with E-state index in [4.69, 9.17) is 21.7 Å². The Labute approximate surface area is 196 Å². The molecular formula is C22H24N6O4S. The van der Waals surface area contributed by atoms with Crippen molar-refractivity contribution in [2.45, 2.75) is 20.8 Å². The number of thiocarbonyl (C=S) groups is 1. The van der Waals surface area contributed by atoms with Crippen LogP contribution >= 0.6 is 12.2 Å². The standard InChI is InChI=1S/C22H24N6O4S/c1-5-23-21(30)32-22(33)26-19-9-8-16(12-24-19)31-15-7-6-13(2)17(11-15)25-20(29)18-10-14(3)27-28(18)4/h6-12H,5H2,1-4H3,(H,23,30)(H,25,29)(H,24,26,33). The van der Waals surface area contributed by atoms with Gasteiger partial charge in [0.25, 0.3) is 11.1 Å². The monoisotopic (exact) mass is 468 g/mol. The second kappa shape index (κ2) is 10.6. The van der Waals surface area contributed by atoms with Crippen LogP contribution in [-0.2, 0) is 11.8 Å². The molecule has 2 aromatic heterocycles. The van der Waals surface area contributed by atoms with Crippen LogP contribution in [-0.4, -0.2) is 38.5 Å². The summed E-state index contributed by atoms with van der Waals surface area (Å²) in [4.78, 5) is 28.2. The molecule has 0 bridgehead atoms. The van der Waals surface area contributed by atoms with Crippen molar-refractivity contribution in [2.75, 3.05) is 17.2 Å². The zero-order valence-electron chi connectivity index (χ0n) is 18.6. The molecule has 0 unspecified atom stereocenters. The molecule has 10 nitrogen and oxygen atoms in total. The number of benzene rings is 1. The summed E-state index contributed by atoms with van der Waals surface area (Å²) in [5.74, 6) is 1.12. The zero-order chi connectivity index (χ0) is 24.0. The van der Waals surface area contributed by atoms with Gasteiger partial charge in [-0.25, -0.2) is 9.78 Å². The van der Waals surface area contributed by atoms with E-state index in [0.29, 0.717) is 35.2 Å². The second-order valence-corrected chi connectivity index (χ2v) is 7.41. The first kappa shape index (κ1) is 23.7. The molecule has 0 aliphatic carbocycles. The SMILES string of the molecule is CCNC(=O)OC(=S)Nc1ccc(Oc2ccc(C)c(NC(=O)c3cc(C)nn3C)c2)cn1. The lowest BCUT2D eigenvalue weighted by Gasteiger charge is -2.12. The van der Waals surface area contributed by atoms with Gasteiger partial charge in [0.2, 0.25) is 0 Å². The normalized spacial score (nSPS) is 10.3. The first-order valence-corrected chi connectivity index (χ1v) is 10.5. The van der Waals surface area contributed by atoms with Crippen LogP contribution in [0.1, 0.15) is 28.7 Å². The minimum atomic E-state index is -0.643. The maximum Gasteiger partial charge on any atom is 0.414 e. The largest absolute Gasteiger partial charge is 0.456 e. The van der Waals surface area contributed by atoms with E-state index in [2.05, 4.69) is 26.0 Å². The van der Waals surface area contributed by atoms with E-state index in [0.717, 1.165) is 11.3 Å². The van der Waals surface area contributed by atoms with E-state index in [1.165, 1.54) is 10.9 Å². The summed E-state index contributed by atoms with van der Waals surface area (Å²) in [7, 11) is 1.72. The number of ether oxygens (including phenoxy) is 2. The predicted molar refractivity (Wildman–Crippen MR) is 128 cm³/mol. The molecule has 3 aromatic rings. The molecule has 0 radical (unpaired) electrons. The Morgan fingerprint density at radius 3 is 2.48 bits per heavy atom. The molecule has 2 heterocycles. The van der Waals surface area contributed by atoms with E-state index < -0.39 is 6.09 Å². The van der Waals surface area contributed by atoms with Crippen LogP contribution in [0.2, 0.25) is 0 Å². The number of nitrogens with zero attached hydrogens (tertiary/aromatic N) is 3. The smallest absolute Gasteiger partial charge is 0.414 e. The molecule has 0 aliphatic heterocycles. The third-order valence-electron chi connectivity index (χ3n) is 4.40. The maximum atomic E-state index is 12.6. The Morgan fingerprint density at radius 1 is 1.09 bits per heavy atom. The average molecular weight is 469 g/mol. The van der Waals surface area contributed by atoms with Gasteiger partial charge in [-0.1, -0.05) is 6.07 Å². The molecule has 33 heavy (non-hydrogen) atoms. The molecule has 0 spiro atoms. The highest BCUT2D eigenvalue weighted by molar-refractivity contribution is 7.80. The van der Waals surface area contributed by atoms with Crippen molar-refractivity contribution < 1.29 is 19.1 Å². The molecule has 0 saturated carbocycles. The van der Waals surface area contributed by atoms with Crippen molar-refractivity contribution in [1.29, 1.82) is 0 Å². The molecule has 0 atom stereocenters. The van der Waals surface area contributed by atoms with E-state index in [1.807, 2.05) is 19.9 Å². The van der Waals surface area contributed by atoms with Gasteiger partial charge in [0.1, 0.15) is 23.0 Å². The molecule has 3 rings (SSSR count). The number of rotatable bonds is 6. The minimum absolute atomic E-state index is 0.121. The molecule has 2 amide bonds. The lowest BCUT2D eigenvalue weighted by atomic mass is 10.2. The van der Waals surface area contributed by atoms with Crippen molar-refractivity contribution in [3.05, 3.63) is 59.5 Å². The topological polar surface area (TPSA) is 119 Å². The maximum absolute atomic E-state index is 12.6. The first-order chi connectivity index (χ1) is 15.7. The van der Waals surface area contributed by atoms with E-state index >= 15 is 0 Å². The van der Waals surface area contributed by atoms with E-state index in [-0.39, 0.29) is 11.1 Å². The van der Waals surface area contributed by atoms with E-state index in [1.54, 1.807) is 44.3 Å². The predicted octanol–water partition coefficient (Wildman–Crippen LogP) is 3.92. The number of nitrogens with one attached hydrogen (secondary N) is 3.